The van der Waals surface area contributed by atoms with Gasteiger partial charge >= 0.3 is 17.9 Å². The van der Waals surface area contributed by atoms with Crippen LogP contribution in [0, 0.1) is 0 Å². The lowest BCUT2D eigenvalue weighted by molar-refractivity contribution is -0.167. The number of hydrogen-bond donors (Lipinski definition) is 0. The zero-order chi connectivity index (χ0) is 43.7. The van der Waals surface area contributed by atoms with Crippen molar-refractivity contribution in [1.29, 1.82) is 0 Å². The average Bonchev–Trinajstić information content (AvgIpc) is 3.24. The minimum Gasteiger partial charge on any atom is -0.462 e. The highest BCUT2D eigenvalue weighted by atomic mass is 16.6. The second-order valence-corrected chi connectivity index (χ2v) is 17.1. The molecule has 6 heteroatoms. The molecule has 0 aliphatic heterocycles. The molecule has 6 nitrogen and oxygen atoms in total. The van der Waals surface area contributed by atoms with Crippen molar-refractivity contribution in [3.63, 3.8) is 0 Å². The molecule has 0 fully saturated rings. The van der Waals surface area contributed by atoms with Gasteiger partial charge in [-0.1, -0.05) is 217 Å². The molecule has 1 unspecified atom stereocenters. The summed E-state index contributed by atoms with van der Waals surface area (Å²) in [6, 6.07) is 0. The van der Waals surface area contributed by atoms with Gasteiger partial charge in [0, 0.05) is 19.3 Å². The van der Waals surface area contributed by atoms with E-state index in [0.717, 1.165) is 96.3 Å². The van der Waals surface area contributed by atoms with Crippen LogP contribution in [0.3, 0.4) is 0 Å². The van der Waals surface area contributed by atoms with Crippen LogP contribution in [0.2, 0.25) is 0 Å². The van der Waals surface area contributed by atoms with Crippen molar-refractivity contribution in [1.82, 2.24) is 0 Å². The van der Waals surface area contributed by atoms with Gasteiger partial charge in [0.25, 0.3) is 0 Å². The van der Waals surface area contributed by atoms with Crippen molar-refractivity contribution in [2.75, 3.05) is 13.2 Å². The molecule has 0 saturated heterocycles. The average molecular weight is 841 g/mol. The maximum Gasteiger partial charge on any atom is 0.306 e. The molecule has 0 aromatic rings. The predicted molar refractivity (Wildman–Crippen MR) is 256 cm³/mol. The molecule has 348 valence electrons. The number of carbonyl (C=O) groups is 3. The smallest absolute Gasteiger partial charge is 0.306 e. The number of carbonyl (C=O) groups excluding carboxylic acids is 3. The summed E-state index contributed by atoms with van der Waals surface area (Å²) in [4.78, 5) is 37.9. The van der Waals surface area contributed by atoms with E-state index in [1.54, 1.807) is 0 Å². The minimum absolute atomic E-state index is 0.0827. The number of rotatable bonds is 46. The fourth-order valence-electron chi connectivity index (χ4n) is 7.20. The summed E-state index contributed by atoms with van der Waals surface area (Å²) in [5, 5.41) is 0. The molecule has 0 aromatic heterocycles. The van der Waals surface area contributed by atoms with Crippen LogP contribution >= 0.6 is 0 Å². The van der Waals surface area contributed by atoms with Crippen LogP contribution in [-0.4, -0.2) is 37.2 Å². The monoisotopic (exact) mass is 841 g/mol. The number of ether oxygens (including phenoxy) is 3. The summed E-state index contributed by atoms with van der Waals surface area (Å²) in [6.45, 7) is 6.48. The Morgan fingerprint density at radius 3 is 1.08 bits per heavy atom. The Kier molecular flexibility index (Phi) is 46.9. The molecule has 1 atom stereocenters. The summed E-state index contributed by atoms with van der Waals surface area (Å²) in [5.41, 5.74) is 0. The fraction of sp³-hybridized carbons (Fsp3) is 0.796. The molecule has 0 heterocycles. The molecule has 0 aliphatic rings. The first kappa shape index (κ1) is 57.4. The van der Waals surface area contributed by atoms with E-state index in [0.29, 0.717) is 19.3 Å². The van der Waals surface area contributed by atoms with Crippen LogP contribution in [-0.2, 0) is 28.6 Å². The molecule has 60 heavy (non-hydrogen) atoms. The SMILES string of the molecule is CC/C=C\C/C=C\C/C=C\CCCCCCC(=O)OC(COC(=O)CCCCCCC/C=C\CCCC)COC(=O)CCCCCCCCCCCCCCCCCCC. The number of esters is 3. The molecule has 0 N–H and O–H groups in total. The molecule has 0 rings (SSSR count). The quantitative estimate of drug-likeness (QED) is 0.0263. The Morgan fingerprint density at radius 2 is 0.667 bits per heavy atom. The van der Waals surface area contributed by atoms with E-state index < -0.39 is 6.10 Å². The molecule has 0 bridgehead atoms. The summed E-state index contributed by atoms with van der Waals surface area (Å²) < 4.78 is 16.8. The van der Waals surface area contributed by atoms with Crippen LogP contribution < -0.4 is 0 Å². The van der Waals surface area contributed by atoms with Crippen LogP contribution in [0.5, 0.6) is 0 Å². The zero-order valence-electron chi connectivity index (χ0n) is 39.7. The van der Waals surface area contributed by atoms with Crippen molar-refractivity contribution in [3.05, 3.63) is 48.6 Å². The molecular weight excluding hydrogens is 745 g/mol. The Morgan fingerprint density at radius 1 is 0.350 bits per heavy atom. The molecule has 0 aliphatic carbocycles. The predicted octanol–water partition coefficient (Wildman–Crippen LogP) is 16.7. The van der Waals surface area contributed by atoms with Crippen LogP contribution in [0.25, 0.3) is 0 Å². The van der Waals surface area contributed by atoms with Gasteiger partial charge in [0.1, 0.15) is 13.2 Å². The maximum atomic E-state index is 12.8. The summed E-state index contributed by atoms with van der Waals surface area (Å²) >= 11 is 0. The van der Waals surface area contributed by atoms with E-state index in [2.05, 4.69) is 69.4 Å². The number of allylic oxidation sites excluding steroid dienone is 8. The highest BCUT2D eigenvalue weighted by molar-refractivity contribution is 5.71. The van der Waals surface area contributed by atoms with E-state index in [9.17, 15) is 14.4 Å². The molecule has 0 aromatic carbocycles. The van der Waals surface area contributed by atoms with E-state index in [-0.39, 0.29) is 31.1 Å². The van der Waals surface area contributed by atoms with Gasteiger partial charge in [-0.3, -0.25) is 14.4 Å². The van der Waals surface area contributed by atoms with Crippen LogP contribution in [0.4, 0.5) is 0 Å². The van der Waals surface area contributed by atoms with Crippen LogP contribution in [0.15, 0.2) is 48.6 Å². The molecular formula is C54H96O6. The van der Waals surface area contributed by atoms with Crippen molar-refractivity contribution >= 4 is 17.9 Å². The first-order chi connectivity index (χ1) is 29.5. The summed E-state index contributed by atoms with van der Waals surface area (Å²) in [6.07, 6.45) is 58.1. The van der Waals surface area contributed by atoms with Gasteiger partial charge < -0.3 is 14.2 Å². The number of hydrogen-bond acceptors (Lipinski definition) is 6. The highest BCUT2D eigenvalue weighted by Gasteiger charge is 2.19. The summed E-state index contributed by atoms with van der Waals surface area (Å²) in [7, 11) is 0. The van der Waals surface area contributed by atoms with Crippen molar-refractivity contribution in [2.24, 2.45) is 0 Å². The topological polar surface area (TPSA) is 78.9 Å². The van der Waals surface area contributed by atoms with E-state index in [1.807, 2.05) is 0 Å². The van der Waals surface area contributed by atoms with Gasteiger partial charge in [0.05, 0.1) is 0 Å². The van der Waals surface area contributed by atoms with Gasteiger partial charge in [-0.05, 0) is 70.6 Å². The summed E-state index contributed by atoms with van der Waals surface area (Å²) in [5.74, 6) is -0.908. The molecule has 0 spiro atoms. The first-order valence-electron chi connectivity index (χ1n) is 25.6. The Hall–Kier alpha value is -2.63. The third-order valence-corrected chi connectivity index (χ3v) is 11.1. The lowest BCUT2D eigenvalue weighted by Crippen LogP contribution is -2.30. The van der Waals surface area contributed by atoms with Crippen molar-refractivity contribution < 1.29 is 28.6 Å². The zero-order valence-corrected chi connectivity index (χ0v) is 39.7. The molecule has 0 saturated carbocycles. The Labute approximate surface area is 371 Å². The second-order valence-electron chi connectivity index (χ2n) is 17.1. The highest BCUT2D eigenvalue weighted by Crippen LogP contribution is 2.16. The van der Waals surface area contributed by atoms with Gasteiger partial charge in [-0.25, -0.2) is 0 Å². The normalized spacial score (nSPS) is 12.4. The second kappa shape index (κ2) is 49.0. The third-order valence-electron chi connectivity index (χ3n) is 11.1. The fourth-order valence-corrected chi connectivity index (χ4v) is 7.20. The van der Waals surface area contributed by atoms with Gasteiger partial charge in [0.2, 0.25) is 0 Å². The van der Waals surface area contributed by atoms with E-state index in [1.165, 1.54) is 122 Å². The van der Waals surface area contributed by atoms with E-state index in [4.69, 9.17) is 14.2 Å². The standard InChI is InChI=1S/C54H96O6/c1-4-7-10-13-16-19-22-24-26-27-28-30-32-35-38-41-44-47-53(56)59-50-51(49-58-52(55)46-43-40-37-34-31-21-18-15-12-9-6-3)60-54(57)48-45-42-39-36-33-29-25-23-20-17-14-11-8-5-2/h8,11,15,17-18,20,25,29,51H,4-7,9-10,12-14,16,19,21-24,26-28,30-50H2,1-3H3/b11-8-,18-15-,20-17-,29-25-. The van der Waals surface area contributed by atoms with Crippen molar-refractivity contribution in [3.8, 4) is 0 Å². The third kappa shape index (κ3) is 46.4. The number of unbranched alkanes of at least 4 members (excludes halogenated alkanes) is 27. The van der Waals surface area contributed by atoms with Crippen molar-refractivity contribution in [2.45, 2.75) is 264 Å². The minimum atomic E-state index is -0.784. The van der Waals surface area contributed by atoms with E-state index >= 15 is 0 Å². The van der Waals surface area contributed by atoms with Gasteiger partial charge in [-0.15, -0.1) is 0 Å². The largest absolute Gasteiger partial charge is 0.462 e. The van der Waals surface area contributed by atoms with Gasteiger partial charge in [0.15, 0.2) is 6.10 Å². The van der Waals surface area contributed by atoms with Gasteiger partial charge in [-0.2, -0.15) is 0 Å². The molecule has 0 amide bonds. The Bertz CT molecular complexity index is 1060. The maximum absolute atomic E-state index is 12.8. The lowest BCUT2D eigenvalue weighted by Gasteiger charge is -2.18. The molecule has 0 radical (unpaired) electrons. The Balaban J connectivity index is 4.36. The van der Waals surface area contributed by atoms with Crippen LogP contribution in [0.1, 0.15) is 258 Å². The first-order valence-corrected chi connectivity index (χ1v) is 25.6. The lowest BCUT2D eigenvalue weighted by atomic mass is 10.0.